The third-order valence-corrected chi connectivity index (χ3v) is 3.14. The lowest BCUT2D eigenvalue weighted by Gasteiger charge is -2.08. The third-order valence-electron chi connectivity index (χ3n) is 3.14. The second kappa shape index (κ2) is 7.04. The first-order valence-electron chi connectivity index (χ1n) is 6.85. The Kier molecular flexibility index (Phi) is 5.11. The summed E-state index contributed by atoms with van der Waals surface area (Å²) in [5.41, 5.74) is -0.0112. The van der Waals surface area contributed by atoms with Crippen molar-refractivity contribution in [3.63, 3.8) is 0 Å². The highest BCUT2D eigenvalue weighted by Gasteiger charge is 2.21. The highest BCUT2D eigenvalue weighted by molar-refractivity contribution is 5.60. The van der Waals surface area contributed by atoms with Crippen LogP contribution in [0.3, 0.4) is 0 Å². The van der Waals surface area contributed by atoms with Gasteiger partial charge >= 0.3 is 5.69 Å². The Morgan fingerprint density at radius 3 is 2.95 bits per heavy atom. The zero-order valence-electron chi connectivity index (χ0n) is 11.6. The van der Waals surface area contributed by atoms with Crippen molar-refractivity contribution in [2.45, 2.75) is 19.3 Å². The first-order chi connectivity index (χ1) is 9.70. The number of aromatic nitrogens is 1. The molecule has 1 saturated carbocycles. The van der Waals surface area contributed by atoms with E-state index in [9.17, 15) is 10.1 Å². The number of hydrogen-bond donors (Lipinski definition) is 2. The van der Waals surface area contributed by atoms with Crippen LogP contribution >= 0.6 is 0 Å². The maximum atomic E-state index is 10.9. The highest BCUT2D eigenvalue weighted by atomic mass is 16.6. The molecule has 0 aromatic carbocycles. The normalized spacial score (nSPS) is 14.1. The largest absolute Gasteiger partial charge is 0.381 e. The van der Waals surface area contributed by atoms with Crippen molar-refractivity contribution in [2.75, 3.05) is 37.4 Å². The quantitative estimate of drug-likeness (QED) is 0.410. The minimum Gasteiger partial charge on any atom is -0.381 e. The summed E-state index contributed by atoms with van der Waals surface area (Å²) in [4.78, 5) is 14.7. The van der Waals surface area contributed by atoms with E-state index >= 15 is 0 Å². The molecule has 0 spiro atoms. The van der Waals surface area contributed by atoms with Crippen LogP contribution in [0.5, 0.6) is 0 Å². The van der Waals surface area contributed by atoms with Gasteiger partial charge in [-0.3, -0.25) is 10.1 Å². The molecule has 0 unspecified atom stereocenters. The van der Waals surface area contributed by atoms with Crippen LogP contribution in [0.1, 0.15) is 19.3 Å². The monoisotopic (exact) mass is 280 g/mol. The Balaban J connectivity index is 1.78. The maximum Gasteiger partial charge on any atom is 0.311 e. The van der Waals surface area contributed by atoms with E-state index in [0.717, 1.165) is 18.9 Å². The zero-order chi connectivity index (χ0) is 14.4. The number of nitro groups is 1. The molecule has 2 N–H and O–H groups in total. The Labute approximate surface area is 117 Å². The van der Waals surface area contributed by atoms with Gasteiger partial charge in [0.05, 0.1) is 4.92 Å². The molecule has 1 fully saturated rings. The molecule has 20 heavy (non-hydrogen) atoms. The van der Waals surface area contributed by atoms with Crippen LogP contribution < -0.4 is 10.6 Å². The van der Waals surface area contributed by atoms with Crippen molar-refractivity contribution in [2.24, 2.45) is 5.92 Å². The molecule has 1 aromatic heterocycles. The number of nitrogens with zero attached hydrogens (tertiary/aromatic N) is 2. The Hall–Kier alpha value is -1.89. The molecule has 0 saturated heterocycles. The molecular formula is C13H20N4O3. The molecular weight excluding hydrogens is 260 g/mol. The Morgan fingerprint density at radius 1 is 1.50 bits per heavy atom. The summed E-state index contributed by atoms with van der Waals surface area (Å²) in [6.07, 6.45) is 3.37. The summed E-state index contributed by atoms with van der Waals surface area (Å²) in [6, 6.07) is 3.03. The van der Waals surface area contributed by atoms with Crippen LogP contribution in [-0.2, 0) is 4.74 Å². The van der Waals surface area contributed by atoms with Crippen LogP contribution in [0.2, 0.25) is 0 Å². The average molecular weight is 280 g/mol. The van der Waals surface area contributed by atoms with Crippen molar-refractivity contribution >= 4 is 17.3 Å². The Morgan fingerprint density at radius 2 is 2.30 bits per heavy atom. The van der Waals surface area contributed by atoms with Gasteiger partial charge in [0, 0.05) is 32.9 Å². The number of nitrogens with one attached hydrogen (secondary N) is 2. The van der Waals surface area contributed by atoms with Gasteiger partial charge < -0.3 is 15.4 Å². The van der Waals surface area contributed by atoms with Gasteiger partial charge in [-0.1, -0.05) is 0 Å². The molecule has 0 aliphatic heterocycles. The summed E-state index contributed by atoms with van der Waals surface area (Å²) < 4.78 is 5.51. The molecule has 110 valence electrons. The second-order valence-electron chi connectivity index (χ2n) is 4.87. The summed E-state index contributed by atoms with van der Waals surface area (Å²) in [5.74, 6) is 1.66. The molecule has 7 nitrogen and oxygen atoms in total. The van der Waals surface area contributed by atoms with Crippen molar-refractivity contribution in [3.05, 3.63) is 22.2 Å². The van der Waals surface area contributed by atoms with Crippen molar-refractivity contribution in [1.82, 2.24) is 4.98 Å². The van der Waals surface area contributed by atoms with Crippen LogP contribution in [0, 0.1) is 16.0 Å². The number of pyridine rings is 1. The molecule has 1 aliphatic carbocycles. The van der Waals surface area contributed by atoms with E-state index in [4.69, 9.17) is 4.74 Å². The summed E-state index contributed by atoms with van der Waals surface area (Å²) in [6.45, 7) is 2.11. The van der Waals surface area contributed by atoms with E-state index in [2.05, 4.69) is 15.6 Å². The van der Waals surface area contributed by atoms with Gasteiger partial charge in [0.1, 0.15) is 5.82 Å². The second-order valence-corrected chi connectivity index (χ2v) is 4.87. The average Bonchev–Trinajstić information content (AvgIpc) is 3.26. The number of ether oxygens (including phenoxy) is 1. The first kappa shape index (κ1) is 14.5. The fraction of sp³-hybridized carbons (Fsp3) is 0.615. The molecule has 0 bridgehead atoms. The molecule has 1 heterocycles. The molecule has 0 amide bonds. The van der Waals surface area contributed by atoms with Gasteiger partial charge in [0.25, 0.3) is 0 Å². The summed E-state index contributed by atoms with van der Waals surface area (Å²) in [7, 11) is 1.73. The number of anilines is 2. The van der Waals surface area contributed by atoms with Crippen molar-refractivity contribution in [3.8, 4) is 0 Å². The van der Waals surface area contributed by atoms with Crippen LogP contribution in [0.25, 0.3) is 0 Å². The van der Waals surface area contributed by atoms with Crippen molar-refractivity contribution < 1.29 is 9.66 Å². The predicted octanol–water partition coefficient (Wildman–Crippen LogP) is 2.26. The van der Waals surface area contributed by atoms with Gasteiger partial charge in [-0.2, -0.15) is 0 Å². The molecule has 0 atom stereocenters. The van der Waals surface area contributed by atoms with E-state index < -0.39 is 4.92 Å². The summed E-state index contributed by atoms with van der Waals surface area (Å²) >= 11 is 0. The van der Waals surface area contributed by atoms with Gasteiger partial charge in [0.2, 0.25) is 5.82 Å². The molecule has 7 heteroatoms. The van der Waals surface area contributed by atoms with E-state index in [1.165, 1.54) is 18.9 Å². The van der Waals surface area contributed by atoms with E-state index in [1.807, 2.05) is 0 Å². The molecule has 1 aliphatic rings. The smallest absolute Gasteiger partial charge is 0.311 e. The first-order valence-corrected chi connectivity index (χ1v) is 6.85. The van der Waals surface area contributed by atoms with Gasteiger partial charge in [-0.25, -0.2) is 4.98 Å². The SMILES string of the molecule is CNc1ccc([N+](=O)[O-])c(NCCCOCC2CC2)n1. The third kappa shape index (κ3) is 4.34. The van der Waals surface area contributed by atoms with Gasteiger partial charge in [-0.15, -0.1) is 0 Å². The number of rotatable bonds is 9. The fourth-order valence-electron chi connectivity index (χ4n) is 1.78. The lowest BCUT2D eigenvalue weighted by Crippen LogP contribution is -2.10. The summed E-state index contributed by atoms with van der Waals surface area (Å²) in [5, 5.41) is 16.8. The van der Waals surface area contributed by atoms with E-state index in [0.29, 0.717) is 24.8 Å². The van der Waals surface area contributed by atoms with Crippen LogP contribution in [-0.4, -0.2) is 36.7 Å². The molecule has 1 aromatic rings. The van der Waals surface area contributed by atoms with Crippen molar-refractivity contribution in [1.29, 1.82) is 0 Å². The van der Waals surface area contributed by atoms with Crippen LogP contribution in [0.15, 0.2) is 12.1 Å². The lowest BCUT2D eigenvalue weighted by atomic mass is 10.3. The molecule has 0 radical (unpaired) electrons. The van der Waals surface area contributed by atoms with Gasteiger partial charge in [0.15, 0.2) is 0 Å². The predicted molar refractivity (Wildman–Crippen MR) is 77.1 cm³/mol. The topological polar surface area (TPSA) is 89.3 Å². The minimum absolute atomic E-state index is 0.0112. The standard InChI is InChI=1S/C13H20N4O3/c1-14-12-6-5-11(17(18)19)13(16-12)15-7-2-8-20-9-10-3-4-10/h5-6,10H,2-4,7-9H2,1H3,(H2,14,15,16). The van der Waals surface area contributed by atoms with Crippen LogP contribution in [0.4, 0.5) is 17.3 Å². The van der Waals surface area contributed by atoms with E-state index in [1.54, 1.807) is 13.1 Å². The van der Waals surface area contributed by atoms with Gasteiger partial charge in [-0.05, 0) is 31.2 Å². The minimum atomic E-state index is -0.432. The Bertz CT molecular complexity index is 463. The maximum absolute atomic E-state index is 10.9. The fourth-order valence-corrected chi connectivity index (χ4v) is 1.78. The highest BCUT2D eigenvalue weighted by Crippen LogP contribution is 2.28. The zero-order valence-corrected chi connectivity index (χ0v) is 11.6. The number of hydrogen-bond acceptors (Lipinski definition) is 6. The lowest BCUT2D eigenvalue weighted by molar-refractivity contribution is -0.384. The van der Waals surface area contributed by atoms with E-state index in [-0.39, 0.29) is 5.69 Å². The molecule has 2 rings (SSSR count).